The van der Waals surface area contributed by atoms with Crippen molar-refractivity contribution in [1.82, 2.24) is 14.9 Å². The lowest BCUT2D eigenvalue weighted by Gasteiger charge is -2.42. The van der Waals surface area contributed by atoms with Crippen LogP contribution in [-0.2, 0) is 0 Å². The van der Waals surface area contributed by atoms with E-state index in [9.17, 15) is 4.79 Å². The Labute approximate surface area is 143 Å². The van der Waals surface area contributed by atoms with Gasteiger partial charge >= 0.3 is 5.97 Å². The minimum atomic E-state index is -1.03. The Balaban J connectivity index is 1.50. The highest BCUT2D eigenvalue weighted by atomic mass is 16.4. The molecule has 0 aromatic carbocycles. The Morgan fingerprint density at radius 2 is 1.75 bits per heavy atom. The third kappa shape index (κ3) is 3.86. The molecule has 6 nitrogen and oxygen atoms in total. The second-order valence-corrected chi connectivity index (χ2v) is 7.40. The number of hydrogen-bond acceptors (Lipinski definition) is 5. The van der Waals surface area contributed by atoms with Crippen LogP contribution in [0.1, 0.15) is 50.0 Å². The van der Waals surface area contributed by atoms with Crippen molar-refractivity contribution in [2.75, 3.05) is 31.1 Å². The van der Waals surface area contributed by atoms with Gasteiger partial charge < -0.3 is 10.0 Å². The van der Waals surface area contributed by atoms with E-state index in [1.807, 2.05) is 0 Å². The zero-order valence-electron chi connectivity index (χ0n) is 14.7. The highest BCUT2D eigenvalue weighted by Gasteiger charge is 2.29. The van der Waals surface area contributed by atoms with Crippen LogP contribution in [-0.4, -0.2) is 58.2 Å². The summed E-state index contributed by atoms with van der Waals surface area (Å²) in [6, 6.07) is 0.739. The number of nitrogens with zero attached hydrogens (tertiary/aromatic N) is 4. The maximum Gasteiger partial charge on any atom is 0.356 e. The third-order valence-corrected chi connectivity index (χ3v) is 5.70. The molecule has 132 valence electrons. The molecule has 2 aliphatic rings. The summed E-state index contributed by atoms with van der Waals surface area (Å²) in [7, 11) is 0. The largest absolute Gasteiger partial charge is 0.476 e. The molecule has 0 unspecified atom stereocenters. The molecule has 3 rings (SSSR count). The van der Waals surface area contributed by atoms with Crippen LogP contribution in [0, 0.1) is 11.8 Å². The molecule has 0 spiro atoms. The first kappa shape index (κ1) is 17.1. The van der Waals surface area contributed by atoms with Gasteiger partial charge in [0.1, 0.15) is 5.82 Å². The number of rotatable bonds is 4. The zero-order chi connectivity index (χ0) is 17.1. The van der Waals surface area contributed by atoms with E-state index in [1.165, 1.54) is 31.9 Å². The summed E-state index contributed by atoms with van der Waals surface area (Å²) < 4.78 is 0. The van der Waals surface area contributed by atoms with E-state index in [1.54, 1.807) is 6.20 Å². The lowest BCUT2D eigenvalue weighted by molar-refractivity contribution is 0.0690. The maximum absolute atomic E-state index is 10.8. The van der Waals surface area contributed by atoms with Crippen molar-refractivity contribution in [2.45, 2.75) is 45.6 Å². The number of piperazine rings is 1. The molecule has 6 heteroatoms. The molecule has 0 atom stereocenters. The Morgan fingerprint density at radius 1 is 1.08 bits per heavy atom. The van der Waals surface area contributed by atoms with E-state index in [0.29, 0.717) is 0 Å². The van der Waals surface area contributed by atoms with E-state index in [4.69, 9.17) is 5.11 Å². The first-order chi connectivity index (χ1) is 11.5. The standard InChI is InChI=1S/C18H28N4O2/c1-13(2)14-3-5-15(6-4-14)21-7-9-22(10-8-21)17-12-19-16(11-20-17)18(23)24/h11-15H,3-10H2,1-2H3,(H,23,24). The van der Waals surface area contributed by atoms with Crippen molar-refractivity contribution in [1.29, 1.82) is 0 Å². The second kappa shape index (κ2) is 7.47. The van der Waals surface area contributed by atoms with Gasteiger partial charge in [-0.2, -0.15) is 0 Å². The van der Waals surface area contributed by atoms with E-state index in [-0.39, 0.29) is 5.69 Å². The predicted octanol–water partition coefficient (Wildman–Crippen LogP) is 2.51. The van der Waals surface area contributed by atoms with Crippen molar-refractivity contribution in [3.8, 4) is 0 Å². The van der Waals surface area contributed by atoms with Gasteiger partial charge in [0.05, 0.1) is 12.4 Å². The number of carbonyl (C=O) groups is 1. The summed E-state index contributed by atoms with van der Waals surface area (Å²) in [5, 5.41) is 8.90. The van der Waals surface area contributed by atoms with Crippen LogP contribution in [0.25, 0.3) is 0 Å². The lowest BCUT2D eigenvalue weighted by Crippen LogP contribution is -2.51. The number of carboxylic acids is 1. The van der Waals surface area contributed by atoms with Crippen LogP contribution < -0.4 is 4.90 Å². The van der Waals surface area contributed by atoms with Crippen LogP contribution in [0.2, 0.25) is 0 Å². The molecule has 1 aliphatic heterocycles. The summed E-state index contributed by atoms with van der Waals surface area (Å²) in [6.45, 7) is 8.68. The molecule has 0 amide bonds. The van der Waals surface area contributed by atoms with Gasteiger partial charge in [-0.15, -0.1) is 0 Å². The highest BCUT2D eigenvalue weighted by Crippen LogP contribution is 2.32. The third-order valence-electron chi connectivity index (χ3n) is 5.70. The normalized spacial score (nSPS) is 25.9. The van der Waals surface area contributed by atoms with Gasteiger partial charge in [0.25, 0.3) is 0 Å². The molecule has 1 N–H and O–H groups in total. The van der Waals surface area contributed by atoms with E-state index < -0.39 is 5.97 Å². The van der Waals surface area contributed by atoms with Gasteiger partial charge in [0.2, 0.25) is 0 Å². The Hall–Kier alpha value is -1.69. The van der Waals surface area contributed by atoms with E-state index in [0.717, 1.165) is 49.9 Å². The van der Waals surface area contributed by atoms with Gasteiger partial charge in [-0.3, -0.25) is 4.90 Å². The summed E-state index contributed by atoms with van der Waals surface area (Å²) in [6.07, 6.45) is 8.31. The SMILES string of the molecule is CC(C)C1CCC(N2CCN(c3cnc(C(=O)O)cn3)CC2)CC1. The molecular formula is C18H28N4O2. The summed E-state index contributed by atoms with van der Waals surface area (Å²) >= 11 is 0. The number of aromatic nitrogens is 2. The van der Waals surface area contributed by atoms with Gasteiger partial charge in [-0.1, -0.05) is 13.8 Å². The Morgan fingerprint density at radius 3 is 2.25 bits per heavy atom. The monoisotopic (exact) mass is 332 g/mol. The average molecular weight is 332 g/mol. The van der Waals surface area contributed by atoms with Crippen LogP contribution in [0.4, 0.5) is 5.82 Å². The van der Waals surface area contributed by atoms with Crippen LogP contribution in [0.5, 0.6) is 0 Å². The fourth-order valence-corrected chi connectivity index (χ4v) is 4.04. The predicted molar refractivity (Wildman–Crippen MR) is 93.4 cm³/mol. The minimum absolute atomic E-state index is 0.000650. The molecule has 1 aliphatic carbocycles. The van der Waals surface area contributed by atoms with Crippen molar-refractivity contribution in [3.05, 3.63) is 18.1 Å². The molecule has 0 bridgehead atoms. The molecule has 2 fully saturated rings. The topological polar surface area (TPSA) is 69.6 Å². The number of aromatic carboxylic acids is 1. The molecule has 24 heavy (non-hydrogen) atoms. The maximum atomic E-state index is 10.8. The summed E-state index contributed by atoms with van der Waals surface area (Å²) in [4.78, 5) is 23.9. The first-order valence-corrected chi connectivity index (χ1v) is 9.09. The fourth-order valence-electron chi connectivity index (χ4n) is 4.04. The van der Waals surface area contributed by atoms with Gasteiger partial charge in [0, 0.05) is 32.2 Å². The minimum Gasteiger partial charge on any atom is -0.476 e. The van der Waals surface area contributed by atoms with E-state index in [2.05, 4.69) is 33.6 Å². The Kier molecular flexibility index (Phi) is 5.33. The molecule has 1 aromatic rings. The lowest BCUT2D eigenvalue weighted by atomic mass is 9.79. The number of hydrogen-bond donors (Lipinski definition) is 1. The molecule has 1 saturated heterocycles. The summed E-state index contributed by atoms with van der Waals surface area (Å²) in [5.41, 5.74) is -0.000650. The quantitative estimate of drug-likeness (QED) is 0.913. The van der Waals surface area contributed by atoms with Crippen LogP contribution in [0.15, 0.2) is 12.4 Å². The van der Waals surface area contributed by atoms with Gasteiger partial charge in [0.15, 0.2) is 5.69 Å². The number of carboxylic acid groups (broad SMARTS) is 1. The van der Waals surface area contributed by atoms with Crippen molar-refractivity contribution in [2.24, 2.45) is 11.8 Å². The molecule has 1 saturated carbocycles. The fraction of sp³-hybridized carbons (Fsp3) is 0.722. The van der Waals surface area contributed by atoms with Crippen molar-refractivity contribution < 1.29 is 9.90 Å². The first-order valence-electron chi connectivity index (χ1n) is 9.09. The van der Waals surface area contributed by atoms with Crippen molar-refractivity contribution in [3.63, 3.8) is 0 Å². The van der Waals surface area contributed by atoms with E-state index >= 15 is 0 Å². The van der Waals surface area contributed by atoms with Crippen molar-refractivity contribution >= 4 is 11.8 Å². The average Bonchev–Trinajstić information content (AvgIpc) is 2.62. The van der Waals surface area contributed by atoms with Crippen LogP contribution >= 0.6 is 0 Å². The smallest absolute Gasteiger partial charge is 0.356 e. The summed E-state index contributed by atoms with van der Waals surface area (Å²) in [5.74, 6) is 1.47. The van der Waals surface area contributed by atoms with Gasteiger partial charge in [-0.25, -0.2) is 14.8 Å². The second-order valence-electron chi connectivity index (χ2n) is 7.40. The highest BCUT2D eigenvalue weighted by molar-refractivity contribution is 5.84. The molecule has 1 aromatic heterocycles. The van der Waals surface area contributed by atoms with Crippen LogP contribution in [0.3, 0.4) is 0 Å². The Bertz CT molecular complexity index is 545. The molecular weight excluding hydrogens is 304 g/mol. The zero-order valence-corrected chi connectivity index (χ0v) is 14.7. The van der Waals surface area contributed by atoms with Gasteiger partial charge in [-0.05, 0) is 37.5 Å². The molecule has 2 heterocycles. The molecule has 0 radical (unpaired) electrons. The number of anilines is 1.